The van der Waals surface area contributed by atoms with E-state index in [9.17, 15) is 14.4 Å². The lowest BCUT2D eigenvalue weighted by Crippen LogP contribution is -2.48. The summed E-state index contributed by atoms with van der Waals surface area (Å²) in [6, 6.07) is 15.7. The third kappa shape index (κ3) is 9.50. The summed E-state index contributed by atoms with van der Waals surface area (Å²) in [4.78, 5) is 41.9. The van der Waals surface area contributed by atoms with E-state index >= 15 is 0 Å². The normalized spacial score (nSPS) is 11.8. The predicted molar refractivity (Wildman–Crippen MR) is 127 cm³/mol. The molecule has 9 heteroatoms. The molecule has 34 heavy (non-hydrogen) atoms. The second kappa shape index (κ2) is 12.6. The Bertz CT molecular complexity index is 941. The number of carbonyl (C=O) groups is 3. The highest BCUT2D eigenvalue weighted by atomic mass is 16.7. The van der Waals surface area contributed by atoms with Crippen LogP contribution in [0.15, 0.2) is 54.6 Å². The van der Waals surface area contributed by atoms with Crippen LogP contribution in [-0.2, 0) is 38.7 Å². The zero-order chi connectivity index (χ0) is 25.1. The fourth-order valence-corrected chi connectivity index (χ4v) is 2.93. The molecule has 1 atom stereocenters. The number of rotatable bonds is 9. The van der Waals surface area contributed by atoms with Crippen LogP contribution in [0.5, 0.6) is 0 Å². The van der Waals surface area contributed by atoms with Crippen molar-refractivity contribution in [2.75, 3.05) is 14.2 Å². The molecule has 2 aromatic carbocycles. The molecular weight excluding hydrogens is 438 g/mol. The van der Waals surface area contributed by atoms with Crippen LogP contribution in [0.4, 0.5) is 9.59 Å². The Hall–Kier alpha value is -3.59. The van der Waals surface area contributed by atoms with Gasteiger partial charge in [-0.25, -0.2) is 14.7 Å². The maximum absolute atomic E-state index is 12.7. The monoisotopic (exact) mass is 471 g/mol. The molecule has 0 saturated heterocycles. The Morgan fingerprint density at radius 1 is 0.912 bits per heavy atom. The number of benzene rings is 2. The standard InChI is InChI=1S/C25H33N3O6/c1-25(2,3)34-23(30)26-16-19-13-11-18(12-14-19)15-21(22(29)28(4)32-5)27-24(31)33-17-20-9-7-6-8-10-20/h6-14,21H,15-17H2,1-5H3,(H,26,30)(H,27,31). The molecule has 9 nitrogen and oxygen atoms in total. The lowest BCUT2D eigenvalue weighted by atomic mass is 10.0. The molecule has 0 aromatic heterocycles. The van der Waals surface area contributed by atoms with Crippen molar-refractivity contribution in [3.05, 3.63) is 71.3 Å². The minimum absolute atomic E-state index is 0.0903. The Morgan fingerprint density at radius 3 is 2.12 bits per heavy atom. The largest absolute Gasteiger partial charge is 0.445 e. The van der Waals surface area contributed by atoms with E-state index in [0.29, 0.717) is 6.54 Å². The molecule has 1 unspecified atom stereocenters. The van der Waals surface area contributed by atoms with Gasteiger partial charge in [0.15, 0.2) is 0 Å². The second-order valence-corrected chi connectivity index (χ2v) is 8.65. The van der Waals surface area contributed by atoms with Gasteiger partial charge in [0.05, 0.1) is 7.11 Å². The van der Waals surface area contributed by atoms with Gasteiger partial charge in [-0.1, -0.05) is 54.6 Å². The Morgan fingerprint density at radius 2 is 1.53 bits per heavy atom. The fourth-order valence-electron chi connectivity index (χ4n) is 2.93. The van der Waals surface area contributed by atoms with Gasteiger partial charge in [0.25, 0.3) is 5.91 Å². The van der Waals surface area contributed by atoms with Crippen LogP contribution in [0.2, 0.25) is 0 Å². The highest BCUT2D eigenvalue weighted by Gasteiger charge is 2.25. The molecule has 0 aliphatic carbocycles. The first-order chi connectivity index (χ1) is 16.1. The van der Waals surface area contributed by atoms with Gasteiger partial charge in [-0.05, 0) is 37.5 Å². The van der Waals surface area contributed by atoms with Crippen LogP contribution in [0.25, 0.3) is 0 Å². The number of likely N-dealkylation sites (N-methyl/N-ethyl adjacent to an activating group) is 1. The van der Waals surface area contributed by atoms with Crippen molar-refractivity contribution < 1.29 is 28.7 Å². The second-order valence-electron chi connectivity index (χ2n) is 8.65. The topological polar surface area (TPSA) is 106 Å². The molecule has 0 bridgehead atoms. The number of carbonyl (C=O) groups excluding carboxylic acids is 3. The van der Waals surface area contributed by atoms with E-state index in [2.05, 4.69) is 10.6 Å². The van der Waals surface area contributed by atoms with Crippen molar-refractivity contribution in [3.63, 3.8) is 0 Å². The van der Waals surface area contributed by atoms with Crippen molar-refractivity contribution in [2.24, 2.45) is 0 Å². The molecule has 184 valence electrons. The lowest BCUT2D eigenvalue weighted by molar-refractivity contribution is -0.170. The van der Waals surface area contributed by atoms with E-state index in [0.717, 1.165) is 21.8 Å². The third-order valence-corrected chi connectivity index (χ3v) is 4.69. The number of hydrogen-bond acceptors (Lipinski definition) is 6. The summed E-state index contributed by atoms with van der Waals surface area (Å²) in [5, 5.41) is 6.38. The SMILES string of the molecule is CON(C)C(=O)C(Cc1ccc(CNC(=O)OC(C)(C)C)cc1)NC(=O)OCc1ccccc1. The van der Waals surface area contributed by atoms with Crippen LogP contribution >= 0.6 is 0 Å². The van der Waals surface area contributed by atoms with Crippen LogP contribution < -0.4 is 10.6 Å². The third-order valence-electron chi connectivity index (χ3n) is 4.69. The summed E-state index contributed by atoms with van der Waals surface area (Å²) in [7, 11) is 2.84. The first-order valence-electron chi connectivity index (χ1n) is 10.9. The number of amides is 3. The zero-order valence-corrected chi connectivity index (χ0v) is 20.3. The molecule has 2 rings (SSSR count). The Kier molecular flexibility index (Phi) is 9.88. The van der Waals surface area contributed by atoms with E-state index in [-0.39, 0.29) is 13.0 Å². The molecule has 2 N–H and O–H groups in total. The molecule has 0 fully saturated rings. The average molecular weight is 472 g/mol. The van der Waals surface area contributed by atoms with Crippen molar-refractivity contribution >= 4 is 18.1 Å². The zero-order valence-electron chi connectivity index (χ0n) is 20.3. The lowest BCUT2D eigenvalue weighted by Gasteiger charge is -2.23. The van der Waals surface area contributed by atoms with E-state index in [1.165, 1.54) is 14.2 Å². The van der Waals surface area contributed by atoms with Crippen LogP contribution in [0.3, 0.4) is 0 Å². The number of nitrogens with one attached hydrogen (secondary N) is 2. The summed E-state index contributed by atoms with van der Waals surface area (Å²) in [6.45, 7) is 5.78. The number of hydroxylamine groups is 2. The number of ether oxygens (including phenoxy) is 2. The van der Waals surface area contributed by atoms with Crippen molar-refractivity contribution in [1.82, 2.24) is 15.7 Å². The van der Waals surface area contributed by atoms with Crippen LogP contribution in [0, 0.1) is 0 Å². The molecule has 0 saturated carbocycles. The number of nitrogens with zero attached hydrogens (tertiary/aromatic N) is 1. The van der Waals surface area contributed by atoms with Crippen LogP contribution in [-0.4, -0.2) is 49.0 Å². The van der Waals surface area contributed by atoms with Gasteiger partial charge in [-0.3, -0.25) is 9.63 Å². The molecule has 3 amide bonds. The minimum Gasteiger partial charge on any atom is -0.445 e. The smallest absolute Gasteiger partial charge is 0.408 e. The van der Waals surface area contributed by atoms with E-state index in [1.807, 2.05) is 54.6 Å². The van der Waals surface area contributed by atoms with Gasteiger partial charge >= 0.3 is 12.2 Å². The Labute approximate surface area is 200 Å². The summed E-state index contributed by atoms with van der Waals surface area (Å²) in [5.74, 6) is -0.421. The number of hydrogen-bond donors (Lipinski definition) is 2. The van der Waals surface area contributed by atoms with Gasteiger partial charge < -0.3 is 20.1 Å². The highest BCUT2D eigenvalue weighted by Crippen LogP contribution is 2.11. The van der Waals surface area contributed by atoms with Gasteiger partial charge in [0, 0.05) is 20.0 Å². The molecule has 0 radical (unpaired) electrons. The molecule has 0 aliphatic rings. The van der Waals surface area contributed by atoms with Crippen molar-refractivity contribution in [2.45, 2.75) is 52.0 Å². The Balaban J connectivity index is 1.97. The summed E-state index contributed by atoms with van der Waals surface area (Å²) in [6.07, 6.45) is -0.972. The van der Waals surface area contributed by atoms with Gasteiger partial charge in [-0.15, -0.1) is 0 Å². The minimum atomic E-state index is -0.890. The summed E-state index contributed by atoms with van der Waals surface area (Å²) < 4.78 is 10.5. The van der Waals surface area contributed by atoms with Crippen molar-refractivity contribution in [1.29, 1.82) is 0 Å². The van der Waals surface area contributed by atoms with Crippen molar-refractivity contribution in [3.8, 4) is 0 Å². The first-order valence-corrected chi connectivity index (χ1v) is 10.9. The highest BCUT2D eigenvalue weighted by molar-refractivity contribution is 5.85. The quantitative estimate of drug-likeness (QED) is 0.542. The van der Waals surface area contributed by atoms with E-state index < -0.39 is 29.7 Å². The van der Waals surface area contributed by atoms with E-state index in [1.54, 1.807) is 20.8 Å². The van der Waals surface area contributed by atoms with Gasteiger partial charge in [0.1, 0.15) is 18.2 Å². The number of alkyl carbamates (subject to hydrolysis) is 2. The summed E-state index contributed by atoms with van der Waals surface area (Å²) >= 11 is 0. The molecular formula is C25H33N3O6. The average Bonchev–Trinajstić information content (AvgIpc) is 2.80. The van der Waals surface area contributed by atoms with Gasteiger partial charge in [-0.2, -0.15) is 0 Å². The molecule has 0 aliphatic heterocycles. The van der Waals surface area contributed by atoms with Gasteiger partial charge in [0.2, 0.25) is 0 Å². The first kappa shape index (κ1) is 26.7. The molecule has 0 spiro atoms. The molecule has 2 aromatic rings. The predicted octanol–water partition coefficient (Wildman–Crippen LogP) is 3.57. The van der Waals surface area contributed by atoms with E-state index in [4.69, 9.17) is 14.3 Å². The maximum atomic E-state index is 12.7. The van der Waals surface area contributed by atoms with Crippen LogP contribution in [0.1, 0.15) is 37.5 Å². The summed E-state index contributed by atoms with van der Waals surface area (Å²) in [5.41, 5.74) is 1.94. The maximum Gasteiger partial charge on any atom is 0.408 e. The molecule has 0 heterocycles. The fraction of sp³-hybridized carbons (Fsp3) is 0.400.